The van der Waals surface area contributed by atoms with Crippen molar-refractivity contribution in [3.05, 3.63) is 27.1 Å². The third kappa shape index (κ3) is 2.70. The summed E-state index contributed by atoms with van der Waals surface area (Å²) in [6.07, 6.45) is 0.543. The topological polar surface area (TPSA) is 64.4 Å². The zero-order valence-corrected chi connectivity index (χ0v) is 12.2. The van der Waals surface area contributed by atoms with E-state index in [4.69, 9.17) is 10.5 Å². The van der Waals surface area contributed by atoms with Gasteiger partial charge in [0.05, 0.1) is 12.3 Å². The molecule has 1 heterocycles. The molecule has 0 spiro atoms. The molecule has 1 aromatic rings. The van der Waals surface area contributed by atoms with Crippen LogP contribution in [-0.4, -0.2) is 24.7 Å². The third-order valence-electron chi connectivity index (χ3n) is 2.71. The average Bonchev–Trinajstić information content (AvgIpc) is 2.72. The number of nitrogens with one attached hydrogen (secondary N) is 1. The number of amides is 1. The number of carbonyl (C=O) groups is 1. The Bertz CT molecular complexity index is 425. The molecule has 1 aliphatic heterocycles. The maximum absolute atomic E-state index is 12.1. The van der Waals surface area contributed by atoms with Crippen molar-refractivity contribution >= 4 is 43.5 Å². The molecule has 0 aliphatic carbocycles. The minimum absolute atomic E-state index is 0.220. The molecule has 1 aromatic carbocycles. The van der Waals surface area contributed by atoms with E-state index in [1.54, 1.807) is 0 Å². The van der Waals surface area contributed by atoms with Gasteiger partial charge in [-0.1, -0.05) is 6.07 Å². The van der Waals surface area contributed by atoms with Crippen LogP contribution in [0.4, 0.5) is 5.69 Å². The molecule has 2 rings (SSSR count). The number of nitrogens with two attached hydrogens (primary N) is 1. The van der Waals surface area contributed by atoms with E-state index in [9.17, 15) is 4.79 Å². The van der Waals surface area contributed by atoms with Gasteiger partial charge in [-0.15, -0.1) is 0 Å². The normalized spacial score (nSPS) is 23.7. The number of benzene rings is 1. The van der Waals surface area contributed by atoms with Crippen molar-refractivity contribution in [1.29, 1.82) is 0 Å². The van der Waals surface area contributed by atoms with Crippen LogP contribution >= 0.6 is 31.9 Å². The highest BCUT2D eigenvalue weighted by Crippen LogP contribution is 2.31. The van der Waals surface area contributed by atoms with Crippen LogP contribution < -0.4 is 11.1 Å². The Hall–Kier alpha value is -0.430. The van der Waals surface area contributed by atoms with E-state index >= 15 is 0 Å². The summed E-state index contributed by atoms with van der Waals surface area (Å²) in [6, 6.07) is 5.59. The second-order valence-corrected chi connectivity index (χ2v) is 5.72. The molecular weight excluding hydrogens is 352 g/mol. The highest BCUT2D eigenvalue weighted by atomic mass is 79.9. The first-order valence-electron chi connectivity index (χ1n) is 5.15. The molecule has 1 aliphatic rings. The van der Waals surface area contributed by atoms with Gasteiger partial charge in [-0.25, -0.2) is 0 Å². The molecule has 92 valence electrons. The molecule has 0 radical (unpaired) electrons. The van der Waals surface area contributed by atoms with Crippen molar-refractivity contribution < 1.29 is 9.53 Å². The van der Waals surface area contributed by atoms with Crippen molar-refractivity contribution in [1.82, 2.24) is 0 Å². The summed E-state index contributed by atoms with van der Waals surface area (Å²) in [5, 5.41) is 2.82. The summed E-state index contributed by atoms with van der Waals surface area (Å²) in [5.74, 6) is -0.220. The number of anilines is 1. The highest BCUT2D eigenvalue weighted by Gasteiger charge is 2.38. The van der Waals surface area contributed by atoms with Crippen molar-refractivity contribution in [3.8, 4) is 0 Å². The van der Waals surface area contributed by atoms with Crippen LogP contribution in [0.15, 0.2) is 27.1 Å². The van der Waals surface area contributed by atoms with E-state index in [2.05, 4.69) is 37.2 Å². The van der Waals surface area contributed by atoms with Gasteiger partial charge in [-0.2, -0.15) is 0 Å². The molecule has 1 atom stereocenters. The number of carbonyl (C=O) groups excluding carboxylic acids is 1. The second-order valence-electron chi connectivity index (χ2n) is 4.01. The van der Waals surface area contributed by atoms with Gasteiger partial charge in [-0.05, 0) is 50.4 Å². The fourth-order valence-electron chi connectivity index (χ4n) is 1.62. The second kappa shape index (κ2) is 5.06. The first-order chi connectivity index (χ1) is 8.03. The lowest BCUT2D eigenvalue weighted by Crippen LogP contribution is -2.51. The van der Waals surface area contributed by atoms with E-state index in [-0.39, 0.29) is 12.5 Å². The van der Waals surface area contributed by atoms with Crippen molar-refractivity contribution in [2.75, 3.05) is 18.5 Å². The van der Waals surface area contributed by atoms with Crippen LogP contribution in [-0.2, 0) is 9.53 Å². The Labute approximate surface area is 116 Å². The third-order valence-corrected chi connectivity index (χ3v) is 4.03. The number of rotatable bonds is 2. The summed E-state index contributed by atoms with van der Waals surface area (Å²) >= 11 is 6.77. The minimum Gasteiger partial charge on any atom is -0.379 e. The largest absolute Gasteiger partial charge is 0.379 e. The Morgan fingerprint density at radius 2 is 2.06 bits per heavy atom. The zero-order valence-electron chi connectivity index (χ0n) is 9.00. The molecule has 1 amide bonds. The number of halogens is 2. The Morgan fingerprint density at radius 1 is 1.41 bits per heavy atom. The summed E-state index contributed by atoms with van der Waals surface area (Å²) in [4.78, 5) is 12.1. The minimum atomic E-state index is -0.922. The fourth-order valence-corrected chi connectivity index (χ4v) is 2.81. The van der Waals surface area contributed by atoms with Crippen molar-refractivity contribution in [2.24, 2.45) is 5.73 Å². The summed E-state index contributed by atoms with van der Waals surface area (Å²) in [5.41, 5.74) is 5.75. The van der Waals surface area contributed by atoms with Crippen LogP contribution in [0.1, 0.15) is 6.42 Å². The zero-order chi connectivity index (χ0) is 12.5. The Balaban J connectivity index is 2.18. The first kappa shape index (κ1) is 13.0. The Kier molecular flexibility index (Phi) is 3.87. The van der Waals surface area contributed by atoms with Gasteiger partial charge in [0.25, 0.3) is 0 Å². The molecular formula is C11H12Br2N2O2. The van der Waals surface area contributed by atoms with Gasteiger partial charge in [0.15, 0.2) is 0 Å². The van der Waals surface area contributed by atoms with Crippen LogP contribution in [0.2, 0.25) is 0 Å². The van der Waals surface area contributed by atoms with E-state index in [0.717, 1.165) is 8.95 Å². The molecule has 1 unspecified atom stereocenters. The smallest absolute Gasteiger partial charge is 0.247 e. The molecule has 0 aromatic heterocycles. The number of hydrogen-bond acceptors (Lipinski definition) is 3. The van der Waals surface area contributed by atoms with Crippen LogP contribution in [0, 0.1) is 0 Å². The van der Waals surface area contributed by atoms with E-state index < -0.39 is 5.54 Å². The van der Waals surface area contributed by atoms with Gasteiger partial charge in [0, 0.05) is 15.6 Å². The highest BCUT2D eigenvalue weighted by molar-refractivity contribution is 9.11. The van der Waals surface area contributed by atoms with E-state index in [1.807, 2.05) is 18.2 Å². The fraction of sp³-hybridized carbons (Fsp3) is 0.364. The van der Waals surface area contributed by atoms with E-state index in [1.165, 1.54) is 0 Å². The van der Waals surface area contributed by atoms with Crippen LogP contribution in [0.3, 0.4) is 0 Å². The lowest BCUT2D eigenvalue weighted by Gasteiger charge is -2.21. The molecule has 1 saturated heterocycles. The summed E-state index contributed by atoms with van der Waals surface area (Å²) in [7, 11) is 0. The van der Waals surface area contributed by atoms with Crippen molar-refractivity contribution in [2.45, 2.75) is 12.0 Å². The molecule has 0 bridgehead atoms. The average molecular weight is 364 g/mol. The van der Waals surface area contributed by atoms with Gasteiger partial charge in [-0.3, -0.25) is 4.79 Å². The monoisotopic (exact) mass is 362 g/mol. The first-order valence-corrected chi connectivity index (χ1v) is 6.74. The van der Waals surface area contributed by atoms with Gasteiger partial charge in [0.1, 0.15) is 5.54 Å². The lowest BCUT2D eigenvalue weighted by atomic mass is 9.99. The van der Waals surface area contributed by atoms with Crippen LogP contribution in [0.25, 0.3) is 0 Å². The molecule has 17 heavy (non-hydrogen) atoms. The standard InChI is InChI=1S/C11H12Br2N2O2/c12-7-2-1-3-8(13)9(7)15-10(16)11(14)4-5-17-6-11/h1-3H,4-6,14H2,(H,15,16). The molecule has 4 nitrogen and oxygen atoms in total. The SMILES string of the molecule is NC1(C(=O)Nc2c(Br)cccc2Br)CCOC1. The maximum atomic E-state index is 12.1. The van der Waals surface area contributed by atoms with Gasteiger partial charge < -0.3 is 15.8 Å². The predicted molar refractivity (Wildman–Crippen MR) is 72.8 cm³/mol. The quantitative estimate of drug-likeness (QED) is 0.847. The molecule has 0 saturated carbocycles. The predicted octanol–water partition coefficient (Wildman–Crippen LogP) is 2.27. The molecule has 6 heteroatoms. The van der Waals surface area contributed by atoms with Crippen molar-refractivity contribution in [3.63, 3.8) is 0 Å². The summed E-state index contributed by atoms with van der Waals surface area (Å²) in [6.45, 7) is 0.794. The van der Waals surface area contributed by atoms with E-state index in [0.29, 0.717) is 18.7 Å². The molecule has 1 fully saturated rings. The Morgan fingerprint density at radius 3 is 2.59 bits per heavy atom. The maximum Gasteiger partial charge on any atom is 0.247 e. The number of ether oxygens (including phenoxy) is 1. The number of para-hydroxylation sites is 1. The number of hydrogen-bond donors (Lipinski definition) is 2. The van der Waals surface area contributed by atoms with Gasteiger partial charge in [0.2, 0.25) is 5.91 Å². The molecule has 3 N–H and O–H groups in total. The van der Waals surface area contributed by atoms with Gasteiger partial charge >= 0.3 is 0 Å². The van der Waals surface area contributed by atoms with Crippen LogP contribution in [0.5, 0.6) is 0 Å². The summed E-state index contributed by atoms with van der Waals surface area (Å²) < 4.78 is 6.79. The lowest BCUT2D eigenvalue weighted by molar-refractivity contribution is -0.121.